The molecule has 0 spiro atoms. The smallest absolute Gasteiger partial charge is 0.335 e. The van der Waals surface area contributed by atoms with E-state index in [1.807, 2.05) is 0 Å². The third kappa shape index (κ3) is 5.73. The van der Waals surface area contributed by atoms with Gasteiger partial charge in [-0.2, -0.15) is 0 Å². The summed E-state index contributed by atoms with van der Waals surface area (Å²) in [5.74, 6) is 0. The van der Waals surface area contributed by atoms with Crippen LogP contribution in [0, 0.1) is 0 Å². The summed E-state index contributed by atoms with van der Waals surface area (Å²) in [6, 6.07) is 0. The Balaban J connectivity index is 4.13. The van der Waals surface area contributed by atoms with E-state index in [4.69, 9.17) is 13.8 Å². The van der Waals surface area contributed by atoms with Gasteiger partial charge < -0.3 is 18.9 Å². The summed E-state index contributed by atoms with van der Waals surface area (Å²) in [5, 5.41) is 9.28. The molecular formula is C8H19O5P. The molecule has 6 heteroatoms. The predicted octanol–water partition coefficient (Wildman–Crippen LogP) is 1.61. The van der Waals surface area contributed by atoms with Crippen LogP contribution in [0.15, 0.2) is 0 Å². The Morgan fingerprint density at radius 2 is 1.64 bits per heavy atom. The average molecular weight is 226 g/mol. The van der Waals surface area contributed by atoms with Crippen molar-refractivity contribution >= 4 is 7.60 Å². The molecule has 0 saturated heterocycles. The lowest BCUT2D eigenvalue weighted by Gasteiger charge is -2.19. The third-order valence-corrected chi connectivity index (χ3v) is 3.45. The van der Waals surface area contributed by atoms with Gasteiger partial charge in [-0.25, -0.2) is 0 Å². The maximum Gasteiger partial charge on any atom is 0.335 e. The van der Waals surface area contributed by atoms with E-state index in [0.717, 1.165) is 0 Å². The van der Waals surface area contributed by atoms with Gasteiger partial charge in [-0.1, -0.05) is 0 Å². The van der Waals surface area contributed by atoms with Gasteiger partial charge >= 0.3 is 7.60 Å². The molecule has 1 N–H and O–H groups in total. The molecule has 0 aliphatic heterocycles. The van der Waals surface area contributed by atoms with Crippen LogP contribution >= 0.6 is 7.60 Å². The standard InChI is InChI=1S/C8H19O5P/c1-4-11-8(9)7-14(10,12-5-2)13-6-3/h8-9H,4-7H2,1-3H3. The topological polar surface area (TPSA) is 65.0 Å². The van der Waals surface area contributed by atoms with Crippen LogP contribution < -0.4 is 0 Å². The summed E-state index contributed by atoms with van der Waals surface area (Å²) >= 11 is 0. The first-order valence-corrected chi connectivity index (χ1v) is 6.48. The summed E-state index contributed by atoms with van der Waals surface area (Å²) in [6.45, 7) is 6.12. The highest BCUT2D eigenvalue weighted by molar-refractivity contribution is 7.53. The fourth-order valence-corrected chi connectivity index (χ4v) is 2.53. The zero-order valence-corrected chi connectivity index (χ0v) is 9.83. The molecule has 0 rings (SSSR count). The minimum atomic E-state index is -3.18. The molecule has 1 unspecified atom stereocenters. The summed E-state index contributed by atoms with van der Waals surface area (Å²) in [5.41, 5.74) is 0. The SMILES string of the molecule is CCOC(O)CP(=O)(OCC)OCC. The van der Waals surface area contributed by atoms with E-state index in [9.17, 15) is 9.67 Å². The molecule has 0 fully saturated rings. The minimum Gasteiger partial charge on any atom is -0.367 e. The number of aliphatic hydroxyl groups excluding tert-OH is 1. The van der Waals surface area contributed by atoms with Gasteiger partial charge in [0.05, 0.1) is 13.2 Å². The Bertz CT molecular complexity index is 175. The molecule has 0 aliphatic carbocycles. The van der Waals surface area contributed by atoms with Crippen LogP contribution in [0.4, 0.5) is 0 Å². The number of ether oxygens (including phenoxy) is 1. The second-order valence-corrected chi connectivity index (χ2v) is 4.64. The van der Waals surface area contributed by atoms with Crippen molar-refractivity contribution < 1.29 is 23.5 Å². The van der Waals surface area contributed by atoms with E-state index in [-0.39, 0.29) is 19.4 Å². The highest BCUT2D eigenvalue weighted by Gasteiger charge is 2.27. The number of aliphatic hydroxyl groups is 1. The van der Waals surface area contributed by atoms with E-state index in [0.29, 0.717) is 6.61 Å². The van der Waals surface area contributed by atoms with Crippen molar-refractivity contribution in [1.29, 1.82) is 0 Å². The van der Waals surface area contributed by atoms with Gasteiger partial charge in [-0.05, 0) is 20.8 Å². The summed E-state index contributed by atoms with van der Waals surface area (Å²) in [4.78, 5) is 0. The van der Waals surface area contributed by atoms with Gasteiger partial charge in [0.2, 0.25) is 0 Å². The van der Waals surface area contributed by atoms with Crippen LogP contribution in [0.3, 0.4) is 0 Å². The van der Waals surface area contributed by atoms with Gasteiger partial charge in [0.1, 0.15) is 6.16 Å². The van der Waals surface area contributed by atoms with Crippen molar-refractivity contribution in [2.75, 3.05) is 26.0 Å². The van der Waals surface area contributed by atoms with E-state index >= 15 is 0 Å². The van der Waals surface area contributed by atoms with Gasteiger partial charge in [-0.15, -0.1) is 0 Å². The van der Waals surface area contributed by atoms with Gasteiger partial charge in [-0.3, -0.25) is 4.57 Å². The molecule has 0 aromatic rings. The largest absolute Gasteiger partial charge is 0.367 e. The molecule has 0 aromatic heterocycles. The van der Waals surface area contributed by atoms with Gasteiger partial charge in [0.25, 0.3) is 0 Å². The Kier molecular flexibility index (Phi) is 7.41. The highest BCUT2D eigenvalue weighted by atomic mass is 31.2. The molecule has 0 amide bonds. The highest BCUT2D eigenvalue weighted by Crippen LogP contribution is 2.48. The van der Waals surface area contributed by atoms with Crippen molar-refractivity contribution in [2.45, 2.75) is 27.1 Å². The van der Waals surface area contributed by atoms with Crippen molar-refractivity contribution in [1.82, 2.24) is 0 Å². The Labute approximate surface area is 84.9 Å². The zero-order valence-electron chi connectivity index (χ0n) is 8.93. The lowest BCUT2D eigenvalue weighted by Crippen LogP contribution is -2.18. The minimum absolute atomic E-state index is 0.123. The monoisotopic (exact) mass is 226 g/mol. The lowest BCUT2D eigenvalue weighted by atomic mass is 10.7. The Morgan fingerprint density at radius 1 is 1.14 bits per heavy atom. The first-order valence-electron chi connectivity index (χ1n) is 4.75. The van der Waals surface area contributed by atoms with Crippen molar-refractivity contribution in [3.8, 4) is 0 Å². The van der Waals surface area contributed by atoms with E-state index < -0.39 is 13.9 Å². The maximum atomic E-state index is 11.8. The molecule has 0 saturated carbocycles. The fourth-order valence-electron chi connectivity index (χ4n) is 0.972. The molecule has 0 bridgehead atoms. The summed E-state index contributed by atoms with van der Waals surface area (Å²) in [6.07, 6.45) is -1.22. The van der Waals surface area contributed by atoms with Crippen LogP contribution in [-0.4, -0.2) is 37.4 Å². The van der Waals surface area contributed by atoms with Crippen molar-refractivity contribution in [3.63, 3.8) is 0 Å². The first kappa shape index (κ1) is 14.1. The first-order chi connectivity index (χ1) is 6.58. The molecule has 0 radical (unpaired) electrons. The second kappa shape index (κ2) is 7.37. The third-order valence-electron chi connectivity index (χ3n) is 1.39. The maximum absolute atomic E-state index is 11.8. The number of hydrogen-bond acceptors (Lipinski definition) is 5. The molecule has 86 valence electrons. The van der Waals surface area contributed by atoms with E-state index in [1.54, 1.807) is 20.8 Å². The molecule has 0 aromatic carbocycles. The normalized spacial score (nSPS) is 14.3. The lowest BCUT2D eigenvalue weighted by molar-refractivity contribution is -0.0805. The molecular weight excluding hydrogens is 207 g/mol. The average Bonchev–Trinajstić information content (AvgIpc) is 2.04. The van der Waals surface area contributed by atoms with Crippen molar-refractivity contribution in [3.05, 3.63) is 0 Å². The van der Waals surface area contributed by atoms with Crippen LogP contribution in [0.2, 0.25) is 0 Å². The molecule has 0 aliphatic rings. The van der Waals surface area contributed by atoms with Gasteiger partial charge in [0, 0.05) is 6.61 Å². The quantitative estimate of drug-likeness (QED) is 0.503. The van der Waals surface area contributed by atoms with Crippen LogP contribution in [0.1, 0.15) is 20.8 Å². The van der Waals surface area contributed by atoms with Gasteiger partial charge in [0.15, 0.2) is 6.29 Å². The molecule has 5 nitrogen and oxygen atoms in total. The Morgan fingerprint density at radius 3 is 2.00 bits per heavy atom. The van der Waals surface area contributed by atoms with Crippen LogP contribution in [-0.2, 0) is 18.3 Å². The van der Waals surface area contributed by atoms with E-state index in [2.05, 4.69) is 0 Å². The second-order valence-electron chi connectivity index (χ2n) is 2.54. The fraction of sp³-hybridized carbons (Fsp3) is 1.00. The molecule has 0 heterocycles. The molecule has 1 atom stereocenters. The number of rotatable bonds is 8. The summed E-state index contributed by atoms with van der Waals surface area (Å²) in [7, 11) is -3.18. The van der Waals surface area contributed by atoms with E-state index in [1.165, 1.54) is 0 Å². The van der Waals surface area contributed by atoms with Crippen molar-refractivity contribution in [2.24, 2.45) is 0 Å². The van der Waals surface area contributed by atoms with Crippen LogP contribution in [0.5, 0.6) is 0 Å². The van der Waals surface area contributed by atoms with Crippen LogP contribution in [0.25, 0.3) is 0 Å². The Hall–Kier alpha value is 0.0700. The predicted molar refractivity (Wildman–Crippen MR) is 53.4 cm³/mol. The zero-order chi connectivity index (χ0) is 11.0. The molecule has 14 heavy (non-hydrogen) atoms. The summed E-state index contributed by atoms with van der Waals surface area (Å²) < 4.78 is 26.6. The number of hydrogen-bond donors (Lipinski definition) is 1.